The highest BCUT2D eigenvalue weighted by Gasteiger charge is 2.19. The van der Waals surface area contributed by atoms with Gasteiger partial charge in [0, 0.05) is 23.5 Å². The lowest BCUT2D eigenvalue weighted by molar-refractivity contribution is 1.06. The third-order valence-corrected chi connectivity index (χ3v) is 4.67. The summed E-state index contributed by atoms with van der Waals surface area (Å²) in [6.45, 7) is 4.03. The number of nitrogens with two attached hydrogens (primary N) is 1. The predicted octanol–water partition coefficient (Wildman–Crippen LogP) is 4.42. The highest BCUT2D eigenvalue weighted by atomic mass is 35.5. The second-order valence-corrected chi connectivity index (χ2v) is 6.53. The Morgan fingerprint density at radius 2 is 1.85 bits per heavy atom. The van der Waals surface area contributed by atoms with Crippen LogP contribution in [-0.4, -0.2) is 19.5 Å². The smallest absolute Gasteiger partial charge is 0.165 e. The summed E-state index contributed by atoms with van der Waals surface area (Å²) in [7, 11) is 0. The van der Waals surface area contributed by atoms with E-state index in [1.54, 1.807) is 6.20 Å². The van der Waals surface area contributed by atoms with Crippen LogP contribution in [0.2, 0.25) is 0 Å². The number of benzene rings is 1. The van der Waals surface area contributed by atoms with E-state index in [9.17, 15) is 0 Å². The molecule has 0 amide bonds. The van der Waals surface area contributed by atoms with E-state index in [0.717, 1.165) is 45.1 Å². The Labute approximate surface area is 156 Å². The molecule has 0 fully saturated rings. The van der Waals surface area contributed by atoms with Crippen LogP contribution in [-0.2, 0) is 5.88 Å². The second-order valence-electron chi connectivity index (χ2n) is 6.26. The molecule has 0 radical (unpaired) electrons. The van der Waals surface area contributed by atoms with E-state index < -0.39 is 0 Å². The van der Waals surface area contributed by atoms with Gasteiger partial charge in [0.05, 0.1) is 5.56 Å². The molecule has 0 bridgehead atoms. The monoisotopic (exact) mass is 363 g/mol. The minimum Gasteiger partial charge on any atom is -0.383 e. The summed E-state index contributed by atoms with van der Waals surface area (Å²) in [5.41, 5.74) is 12.6. The summed E-state index contributed by atoms with van der Waals surface area (Å²) >= 11 is 5.93. The van der Waals surface area contributed by atoms with Crippen molar-refractivity contribution in [3.8, 4) is 17.1 Å². The quantitative estimate of drug-likeness (QED) is 0.547. The number of hydrogen-bond donors (Lipinski definition) is 1. The highest BCUT2D eigenvalue weighted by molar-refractivity contribution is 6.17. The van der Waals surface area contributed by atoms with E-state index in [1.807, 2.05) is 60.9 Å². The van der Waals surface area contributed by atoms with Gasteiger partial charge >= 0.3 is 0 Å². The number of fused-ring (bicyclic) bond motifs is 1. The summed E-state index contributed by atoms with van der Waals surface area (Å²) in [6, 6.07) is 13.9. The van der Waals surface area contributed by atoms with Crippen molar-refractivity contribution in [2.75, 3.05) is 5.73 Å². The molecule has 0 atom stereocenters. The van der Waals surface area contributed by atoms with Crippen molar-refractivity contribution in [3.05, 3.63) is 65.5 Å². The fourth-order valence-electron chi connectivity index (χ4n) is 3.13. The van der Waals surface area contributed by atoms with Crippen LogP contribution < -0.4 is 5.73 Å². The summed E-state index contributed by atoms with van der Waals surface area (Å²) in [6.07, 6.45) is 1.68. The molecule has 0 unspecified atom stereocenters. The average Bonchev–Trinajstić information content (AvgIpc) is 3.01. The van der Waals surface area contributed by atoms with Crippen LogP contribution in [0.3, 0.4) is 0 Å². The number of anilines is 1. The molecule has 4 aromatic rings. The first kappa shape index (κ1) is 16.5. The van der Waals surface area contributed by atoms with Crippen LogP contribution in [0.25, 0.3) is 28.2 Å². The number of nitrogen functional groups attached to an aromatic ring is 1. The zero-order chi connectivity index (χ0) is 18.3. The molecule has 5 nitrogen and oxygen atoms in total. The average molecular weight is 364 g/mol. The van der Waals surface area contributed by atoms with Crippen molar-refractivity contribution < 1.29 is 0 Å². The molecule has 0 aliphatic carbocycles. The van der Waals surface area contributed by atoms with E-state index in [0.29, 0.717) is 11.7 Å². The Morgan fingerprint density at radius 3 is 2.54 bits per heavy atom. The number of rotatable bonds is 3. The van der Waals surface area contributed by atoms with Gasteiger partial charge in [0.2, 0.25) is 0 Å². The first-order valence-corrected chi connectivity index (χ1v) is 8.85. The maximum atomic E-state index is 6.13. The number of aromatic nitrogens is 4. The van der Waals surface area contributed by atoms with E-state index in [1.165, 1.54) is 0 Å². The molecule has 0 aliphatic rings. The molecule has 130 valence electrons. The van der Waals surface area contributed by atoms with Crippen molar-refractivity contribution in [2.24, 2.45) is 0 Å². The lowest BCUT2D eigenvalue weighted by Gasteiger charge is -2.11. The molecule has 0 aliphatic heterocycles. The van der Waals surface area contributed by atoms with Gasteiger partial charge in [-0.25, -0.2) is 15.0 Å². The Morgan fingerprint density at radius 1 is 1.08 bits per heavy atom. The Kier molecular flexibility index (Phi) is 4.09. The standard InChI is InChI=1S/C20H18ClN5/c1-12-10-13(2)24-20-17(12)25-19(16-4-3-9-23-18(16)22)26(20)15-7-5-14(11-21)6-8-15/h3-10H,11H2,1-2H3,(H2,22,23). The predicted molar refractivity (Wildman–Crippen MR) is 106 cm³/mol. The first-order chi connectivity index (χ1) is 12.6. The summed E-state index contributed by atoms with van der Waals surface area (Å²) in [5, 5.41) is 0. The van der Waals surface area contributed by atoms with Gasteiger partial charge in [-0.15, -0.1) is 11.6 Å². The van der Waals surface area contributed by atoms with Gasteiger partial charge in [-0.1, -0.05) is 12.1 Å². The number of alkyl halides is 1. The Balaban J connectivity index is 2.07. The number of nitrogens with zero attached hydrogens (tertiary/aromatic N) is 4. The van der Waals surface area contributed by atoms with Gasteiger partial charge in [0.25, 0.3) is 0 Å². The van der Waals surface area contributed by atoms with Crippen LogP contribution >= 0.6 is 11.6 Å². The Hall–Kier alpha value is -2.92. The molecule has 2 N–H and O–H groups in total. The first-order valence-electron chi connectivity index (χ1n) is 8.31. The topological polar surface area (TPSA) is 69.6 Å². The van der Waals surface area contributed by atoms with E-state index in [4.69, 9.17) is 27.3 Å². The van der Waals surface area contributed by atoms with Crippen molar-refractivity contribution in [2.45, 2.75) is 19.7 Å². The number of imidazole rings is 1. The molecule has 0 spiro atoms. The van der Waals surface area contributed by atoms with Gasteiger partial charge in [-0.05, 0) is 55.3 Å². The molecule has 0 saturated carbocycles. The van der Waals surface area contributed by atoms with Gasteiger partial charge in [-0.3, -0.25) is 4.57 Å². The second kappa shape index (κ2) is 6.42. The van der Waals surface area contributed by atoms with Crippen molar-refractivity contribution in [3.63, 3.8) is 0 Å². The fraction of sp³-hybridized carbons (Fsp3) is 0.150. The molecule has 6 heteroatoms. The fourth-order valence-corrected chi connectivity index (χ4v) is 3.30. The summed E-state index contributed by atoms with van der Waals surface area (Å²) in [4.78, 5) is 13.8. The van der Waals surface area contributed by atoms with Crippen LogP contribution in [0.1, 0.15) is 16.8 Å². The number of pyridine rings is 2. The van der Waals surface area contributed by atoms with Gasteiger partial charge in [-0.2, -0.15) is 0 Å². The Bertz CT molecular complexity index is 1100. The van der Waals surface area contributed by atoms with Gasteiger partial charge in [0.15, 0.2) is 11.5 Å². The van der Waals surface area contributed by atoms with E-state index in [-0.39, 0.29) is 0 Å². The molecule has 1 aromatic carbocycles. The third-order valence-electron chi connectivity index (χ3n) is 4.36. The highest BCUT2D eigenvalue weighted by Crippen LogP contribution is 2.31. The lowest BCUT2D eigenvalue weighted by Crippen LogP contribution is -2.02. The van der Waals surface area contributed by atoms with Gasteiger partial charge in [0.1, 0.15) is 11.3 Å². The lowest BCUT2D eigenvalue weighted by atomic mass is 10.2. The molecule has 26 heavy (non-hydrogen) atoms. The summed E-state index contributed by atoms with van der Waals surface area (Å²) in [5.74, 6) is 1.64. The molecular formula is C20H18ClN5. The minimum absolute atomic E-state index is 0.441. The molecule has 3 heterocycles. The zero-order valence-corrected chi connectivity index (χ0v) is 15.3. The van der Waals surface area contributed by atoms with Crippen molar-refractivity contribution >= 4 is 28.6 Å². The number of hydrogen-bond acceptors (Lipinski definition) is 4. The van der Waals surface area contributed by atoms with E-state index in [2.05, 4.69) is 4.98 Å². The molecule has 3 aromatic heterocycles. The molecule has 0 saturated heterocycles. The number of halogens is 1. The van der Waals surface area contributed by atoms with Crippen LogP contribution in [0.5, 0.6) is 0 Å². The van der Waals surface area contributed by atoms with Crippen molar-refractivity contribution in [1.29, 1.82) is 0 Å². The SMILES string of the molecule is Cc1cc(C)c2nc(-c3cccnc3N)n(-c3ccc(CCl)cc3)c2n1. The maximum Gasteiger partial charge on any atom is 0.165 e. The number of aryl methyl sites for hydroxylation is 2. The zero-order valence-electron chi connectivity index (χ0n) is 14.6. The van der Waals surface area contributed by atoms with Crippen LogP contribution in [0, 0.1) is 13.8 Å². The normalized spacial score (nSPS) is 11.2. The largest absolute Gasteiger partial charge is 0.383 e. The third kappa shape index (κ3) is 2.70. The van der Waals surface area contributed by atoms with Crippen molar-refractivity contribution in [1.82, 2.24) is 19.5 Å². The van der Waals surface area contributed by atoms with Gasteiger partial charge < -0.3 is 5.73 Å². The van der Waals surface area contributed by atoms with Crippen LogP contribution in [0.4, 0.5) is 5.82 Å². The summed E-state index contributed by atoms with van der Waals surface area (Å²) < 4.78 is 2.03. The minimum atomic E-state index is 0.441. The maximum absolute atomic E-state index is 6.13. The van der Waals surface area contributed by atoms with E-state index >= 15 is 0 Å². The molecule has 4 rings (SSSR count). The van der Waals surface area contributed by atoms with Crippen LogP contribution in [0.15, 0.2) is 48.7 Å². The molecular weight excluding hydrogens is 346 g/mol.